The Kier molecular flexibility index (Phi) is 4.90. The zero-order chi connectivity index (χ0) is 17.2. The van der Waals surface area contributed by atoms with Gasteiger partial charge < -0.3 is 9.84 Å². The molecule has 0 saturated heterocycles. The molecule has 2 N–H and O–H groups in total. The number of carboxylic acid groups (broad SMARTS) is 1. The third kappa shape index (κ3) is 3.80. The monoisotopic (exact) mass is 403 g/mol. The molecule has 2 aromatic carbocycles. The normalized spacial score (nSPS) is 11.1. The number of ether oxygens (including phenoxy) is 1. The molecular formula is C14H11BrFNO5S. The molecule has 6 nitrogen and oxygen atoms in total. The summed E-state index contributed by atoms with van der Waals surface area (Å²) in [6, 6.07) is 7.25. The van der Waals surface area contributed by atoms with Crippen LogP contribution in [0.25, 0.3) is 0 Å². The second-order valence-electron chi connectivity index (χ2n) is 4.41. The molecule has 0 unspecified atom stereocenters. The van der Waals surface area contributed by atoms with Crippen LogP contribution >= 0.6 is 15.9 Å². The van der Waals surface area contributed by atoms with E-state index in [-0.39, 0.29) is 21.5 Å². The van der Waals surface area contributed by atoms with Gasteiger partial charge in [-0.3, -0.25) is 4.72 Å². The number of hydrogen-bond acceptors (Lipinski definition) is 4. The number of carboxylic acids is 1. The van der Waals surface area contributed by atoms with E-state index in [1.165, 1.54) is 31.4 Å². The molecule has 0 saturated carbocycles. The van der Waals surface area contributed by atoms with Gasteiger partial charge in [0.05, 0.1) is 17.1 Å². The van der Waals surface area contributed by atoms with Crippen molar-refractivity contribution in [2.24, 2.45) is 0 Å². The minimum absolute atomic E-state index is 0.0373. The number of halogens is 2. The Labute approximate surface area is 140 Å². The summed E-state index contributed by atoms with van der Waals surface area (Å²) < 4.78 is 45.7. The van der Waals surface area contributed by atoms with Crippen LogP contribution in [0.2, 0.25) is 0 Å². The largest absolute Gasteiger partial charge is 0.495 e. The number of benzene rings is 2. The van der Waals surface area contributed by atoms with Crippen LogP contribution in [0.4, 0.5) is 10.1 Å². The third-order valence-electron chi connectivity index (χ3n) is 2.86. The quantitative estimate of drug-likeness (QED) is 0.799. The first-order chi connectivity index (χ1) is 10.7. The molecule has 0 aliphatic heterocycles. The lowest BCUT2D eigenvalue weighted by Crippen LogP contribution is -2.15. The Bertz CT molecular complexity index is 869. The van der Waals surface area contributed by atoms with Crippen molar-refractivity contribution in [1.29, 1.82) is 0 Å². The highest BCUT2D eigenvalue weighted by Crippen LogP contribution is 2.31. The number of hydrogen-bond donors (Lipinski definition) is 2. The maximum absolute atomic E-state index is 13.7. The summed E-state index contributed by atoms with van der Waals surface area (Å²) in [5.41, 5.74) is -0.0468. The lowest BCUT2D eigenvalue weighted by atomic mass is 10.2. The minimum atomic E-state index is -4.17. The predicted octanol–water partition coefficient (Wildman–Crippen LogP) is 3.10. The molecule has 0 fully saturated rings. The standard InChI is InChI=1S/C14H11BrFNO5S/c1-22-12-6-10(15)11(16)7-13(12)23(20,21)17-9-4-2-3-8(5-9)14(18)19/h2-7,17H,1H3,(H,18,19). The van der Waals surface area contributed by atoms with Gasteiger partial charge in [0.15, 0.2) is 0 Å². The van der Waals surface area contributed by atoms with Gasteiger partial charge in [-0.15, -0.1) is 0 Å². The molecule has 0 heterocycles. The molecule has 0 spiro atoms. The molecular weight excluding hydrogens is 393 g/mol. The average Bonchev–Trinajstić information content (AvgIpc) is 2.49. The molecule has 23 heavy (non-hydrogen) atoms. The van der Waals surface area contributed by atoms with E-state index in [1.807, 2.05) is 0 Å². The van der Waals surface area contributed by atoms with Crippen molar-refractivity contribution < 1.29 is 27.4 Å². The van der Waals surface area contributed by atoms with Gasteiger partial charge in [0.2, 0.25) is 0 Å². The zero-order valence-electron chi connectivity index (χ0n) is 11.7. The molecule has 2 aromatic rings. The predicted molar refractivity (Wildman–Crippen MR) is 84.9 cm³/mol. The van der Waals surface area contributed by atoms with Gasteiger partial charge in [0, 0.05) is 5.69 Å². The van der Waals surface area contributed by atoms with Crippen molar-refractivity contribution in [1.82, 2.24) is 0 Å². The van der Waals surface area contributed by atoms with Gasteiger partial charge in [-0.05, 0) is 46.3 Å². The molecule has 0 aromatic heterocycles. The van der Waals surface area contributed by atoms with Crippen molar-refractivity contribution in [2.75, 3.05) is 11.8 Å². The fourth-order valence-corrected chi connectivity index (χ4v) is 3.34. The molecule has 9 heteroatoms. The minimum Gasteiger partial charge on any atom is -0.495 e. The third-order valence-corrected chi connectivity index (χ3v) is 4.87. The van der Waals surface area contributed by atoms with E-state index >= 15 is 0 Å². The van der Waals surface area contributed by atoms with Crippen molar-refractivity contribution >= 4 is 37.6 Å². The van der Waals surface area contributed by atoms with E-state index in [0.717, 1.165) is 12.1 Å². The molecule has 0 aliphatic carbocycles. The van der Waals surface area contributed by atoms with Gasteiger partial charge in [0.25, 0.3) is 10.0 Å². The van der Waals surface area contributed by atoms with Crippen LogP contribution in [-0.4, -0.2) is 26.6 Å². The lowest BCUT2D eigenvalue weighted by Gasteiger charge is -2.12. The summed E-state index contributed by atoms with van der Waals surface area (Å²) in [4.78, 5) is 10.5. The van der Waals surface area contributed by atoms with Crippen molar-refractivity contribution in [3.63, 3.8) is 0 Å². The summed E-state index contributed by atoms with van der Waals surface area (Å²) in [7, 11) is -2.91. The van der Waals surface area contributed by atoms with Crippen molar-refractivity contribution in [3.05, 3.63) is 52.3 Å². The fourth-order valence-electron chi connectivity index (χ4n) is 1.81. The maximum Gasteiger partial charge on any atom is 0.335 e. The molecule has 0 bridgehead atoms. The Balaban J connectivity index is 2.45. The van der Waals surface area contributed by atoms with E-state index in [4.69, 9.17) is 9.84 Å². The first-order valence-electron chi connectivity index (χ1n) is 6.14. The SMILES string of the molecule is COc1cc(Br)c(F)cc1S(=O)(=O)Nc1cccc(C(=O)O)c1. The number of aromatic carboxylic acids is 1. The van der Waals surface area contributed by atoms with Crippen LogP contribution in [0.3, 0.4) is 0 Å². The highest BCUT2D eigenvalue weighted by atomic mass is 79.9. The van der Waals surface area contributed by atoms with E-state index in [2.05, 4.69) is 20.7 Å². The number of methoxy groups -OCH3 is 1. The van der Waals surface area contributed by atoms with Crippen LogP contribution in [0.15, 0.2) is 45.8 Å². The highest BCUT2D eigenvalue weighted by molar-refractivity contribution is 9.10. The zero-order valence-corrected chi connectivity index (χ0v) is 14.1. The van der Waals surface area contributed by atoms with Crippen molar-refractivity contribution in [2.45, 2.75) is 4.90 Å². The molecule has 122 valence electrons. The summed E-state index contributed by atoms with van der Waals surface area (Å²) in [5.74, 6) is -2.02. The average molecular weight is 404 g/mol. The first-order valence-corrected chi connectivity index (χ1v) is 8.41. The summed E-state index contributed by atoms with van der Waals surface area (Å²) >= 11 is 2.94. The maximum atomic E-state index is 13.7. The molecule has 0 aliphatic rings. The second kappa shape index (κ2) is 6.55. The Morgan fingerprint density at radius 1 is 1.30 bits per heavy atom. The summed E-state index contributed by atoms with van der Waals surface area (Å²) in [5, 5.41) is 8.92. The van der Waals surface area contributed by atoms with Gasteiger partial charge in [-0.25, -0.2) is 17.6 Å². The van der Waals surface area contributed by atoms with Gasteiger partial charge in [0.1, 0.15) is 16.5 Å². The lowest BCUT2D eigenvalue weighted by molar-refractivity contribution is 0.0697. The Morgan fingerprint density at radius 2 is 2.00 bits per heavy atom. The van der Waals surface area contributed by atoms with E-state index < -0.39 is 26.7 Å². The molecule has 0 amide bonds. The van der Waals surface area contributed by atoms with Crippen LogP contribution in [0.1, 0.15) is 10.4 Å². The van der Waals surface area contributed by atoms with Gasteiger partial charge in [-0.1, -0.05) is 6.07 Å². The first kappa shape index (κ1) is 17.2. The van der Waals surface area contributed by atoms with Gasteiger partial charge >= 0.3 is 5.97 Å². The van der Waals surface area contributed by atoms with E-state index in [1.54, 1.807) is 0 Å². The number of sulfonamides is 1. The van der Waals surface area contributed by atoms with Gasteiger partial charge in [-0.2, -0.15) is 0 Å². The number of nitrogens with one attached hydrogen (secondary N) is 1. The fraction of sp³-hybridized carbons (Fsp3) is 0.0714. The molecule has 0 radical (unpaired) electrons. The molecule has 0 atom stereocenters. The Morgan fingerprint density at radius 3 is 2.61 bits per heavy atom. The number of carbonyl (C=O) groups is 1. The summed E-state index contributed by atoms with van der Waals surface area (Å²) in [6.07, 6.45) is 0. The van der Waals surface area contributed by atoms with E-state index in [0.29, 0.717) is 0 Å². The van der Waals surface area contributed by atoms with Crippen molar-refractivity contribution in [3.8, 4) is 5.75 Å². The van der Waals surface area contributed by atoms with E-state index in [9.17, 15) is 17.6 Å². The van der Waals surface area contributed by atoms with Crippen LogP contribution in [0, 0.1) is 5.82 Å². The second-order valence-corrected chi connectivity index (χ2v) is 6.91. The number of anilines is 1. The Hall–Kier alpha value is -2.13. The topological polar surface area (TPSA) is 92.7 Å². The smallest absolute Gasteiger partial charge is 0.335 e. The number of rotatable bonds is 5. The molecule has 2 rings (SSSR count). The van der Waals surface area contributed by atoms with Crippen LogP contribution < -0.4 is 9.46 Å². The van der Waals surface area contributed by atoms with Crippen LogP contribution in [0.5, 0.6) is 5.75 Å². The van der Waals surface area contributed by atoms with Crippen LogP contribution in [-0.2, 0) is 10.0 Å². The highest BCUT2D eigenvalue weighted by Gasteiger charge is 2.22. The summed E-state index contributed by atoms with van der Waals surface area (Å²) in [6.45, 7) is 0.